The van der Waals surface area contributed by atoms with Crippen molar-refractivity contribution in [2.75, 3.05) is 0 Å². The molecule has 0 saturated heterocycles. The Bertz CT molecular complexity index is 523. The van der Waals surface area contributed by atoms with Crippen molar-refractivity contribution in [2.24, 2.45) is 0 Å². The molecule has 0 aromatic heterocycles. The van der Waals surface area contributed by atoms with Crippen LogP contribution in [0.1, 0.15) is 11.1 Å². The zero-order valence-electron chi connectivity index (χ0n) is 9.71. The highest BCUT2D eigenvalue weighted by molar-refractivity contribution is 5.48. The number of nitrogens with zero attached hydrogens (tertiary/aromatic N) is 1. The Hall–Kier alpha value is -1.84. The van der Waals surface area contributed by atoms with E-state index in [1.807, 2.05) is 0 Å². The van der Waals surface area contributed by atoms with Gasteiger partial charge in [-0.3, -0.25) is 10.1 Å². The molecule has 112 valence electrons. The van der Waals surface area contributed by atoms with Gasteiger partial charge in [0.25, 0.3) is 11.3 Å². The van der Waals surface area contributed by atoms with E-state index in [0.717, 1.165) is 6.07 Å². The number of hydrogen-bond donors (Lipinski definition) is 1. The Labute approximate surface area is 107 Å². The molecule has 1 N–H and O–H groups in total. The zero-order valence-corrected chi connectivity index (χ0v) is 9.71. The summed E-state index contributed by atoms with van der Waals surface area (Å²) in [4.78, 5) is 9.43. The van der Waals surface area contributed by atoms with Crippen LogP contribution in [0.5, 0.6) is 0 Å². The minimum absolute atomic E-state index is 0.351. The summed E-state index contributed by atoms with van der Waals surface area (Å²) in [5.41, 5.74) is -8.65. The maximum atomic E-state index is 12.7. The van der Waals surface area contributed by atoms with Crippen molar-refractivity contribution in [3.05, 3.63) is 39.4 Å². The van der Waals surface area contributed by atoms with Crippen LogP contribution in [0, 0.1) is 17.0 Å². The molecular formula is C10H7F6NO3. The number of rotatable bonds is 2. The number of nitro benzene ring substituents is 1. The SMILES string of the molecule is Cc1c([N+](=O)[O-])cccc1C(O)(C(F)(F)F)C(F)(F)F. The maximum absolute atomic E-state index is 12.7. The monoisotopic (exact) mass is 303 g/mol. The first-order chi connectivity index (χ1) is 8.84. The van der Waals surface area contributed by atoms with Crippen molar-refractivity contribution in [2.45, 2.75) is 24.9 Å². The molecule has 1 aromatic carbocycles. The lowest BCUT2D eigenvalue weighted by atomic mass is 9.88. The van der Waals surface area contributed by atoms with Gasteiger partial charge in [0.15, 0.2) is 0 Å². The van der Waals surface area contributed by atoms with E-state index < -0.39 is 39.7 Å². The van der Waals surface area contributed by atoms with Crippen molar-refractivity contribution >= 4 is 5.69 Å². The van der Waals surface area contributed by atoms with Crippen LogP contribution < -0.4 is 0 Å². The van der Waals surface area contributed by atoms with E-state index in [1.165, 1.54) is 0 Å². The van der Waals surface area contributed by atoms with Crippen molar-refractivity contribution in [1.82, 2.24) is 0 Å². The summed E-state index contributed by atoms with van der Waals surface area (Å²) in [6.07, 6.45) is -12.2. The zero-order chi connectivity index (χ0) is 15.9. The fraction of sp³-hybridized carbons (Fsp3) is 0.400. The molecule has 0 amide bonds. The van der Waals surface area contributed by atoms with Gasteiger partial charge < -0.3 is 5.11 Å². The molecule has 0 aliphatic rings. The van der Waals surface area contributed by atoms with E-state index in [4.69, 9.17) is 0 Å². The third-order valence-electron chi connectivity index (χ3n) is 2.71. The Morgan fingerprint density at radius 1 is 1.10 bits per heavy atom. The fourth-order valence-corrected chi connectivity index (χ4v) is 1.68. The second-order valence-electron chi connectivity index (χ2n) is 3.91. The third-order valence-corrected chi connectivity index (χ3v) is 2.71. The molecule has 0 aliphatic heterocycles. The summed E-state index contributed by atoms with van der Waals surface area (Å²) in [6, 6.07) is 1.73. The lowest BCUT2D eigenvalue weighted by molar-refractivity contribution is -0.387. The largest absolute Gasteiger partial charge is 0.430 e. The van der Waals surface area contributed by atoms with Gasteiger partial charge in [-0.2, -0.15) is 26.3 Å². The van der Waals surface area contributed by atoms with Crippen LogP contribution in [0.2, 0.25) is 0 Å². The minimum Gasteiger partial charge on any atom is -0.369 e. The molecule has 0 atom stereocenters. The molecule has 0 heterocycles. The van der Waals surface area contributed by atoms with Gasteiger partial charge in [-0.25, -0.2) is 0 Å². The smallest absolute Gasteiger partial charge is 0.369 e. The van der Waals surface area contributed by atoms with E-state index in [1.54, 1.807) is 0 Å². The van der Waals surface area contributed by atoms with Gasteiger partial charge in [-0.15, -0.1) is 0 Å². The molecule has 0 fully saturated rings. The summed E-state index contributed by atoms with van der Waals surface area (Å²) < 4.78 is 76.0. The summed E-state index contributed by atoms with van der Waals surface area (Å²) in [5.74, 6) is 0. The first-order valence-electron chi connectivity index (χ1n) is 4.94. The van der Waals surface area contributed by atoms with E-state index in [9.17, 15) is 41.6 Å². The Balaban J connectivity index is 3.70. The van der Waals surface area contributed by atoms with Crippen molar-refractivity contribution < 1.29 is 36.4 Å². The Kier molecular flexibility index (Phi) is 3.74. The molecule has 0 saturated carbocycles. The van der Waals surface area contributed by atoms with Crippen LogP contribution in [-0.4, -0.2) is 22.4 Å². The molecule has 1 aromatic rings. The fourth-order valence-electron chi connectivity index (χ4n) is 1.68. The van der Waals surface area contributed by atoms with Crippen molar-refractivity contribution in [3.63, 3.8) is 0 Å². The second-order valence-corrected chi connectivity index (χ2v) is 3.91. The number of hydrogen-bond acceptors (Lipinski definition) is 3. The first-order valence-corrected chi connectivity index (χ1v) is 4.94. The molecule has 4 nitrogen and oxygen atoms in total. The van der Waals surface area contributed by atoms with Crippen LogP contribution in [0.3, 0.4) is 0 Å². The van der Waals surface area contributed by atoms with Crippen LogP contribution in [0.25, 0.3) is 0 Å². The third kappa shape index (κ3) is 2.30. The highest BCUT2D eigenvalue weighted by atomic mass is 19.4. The standard InChI is InChI=1S/C10H7F6NO3/c1-5-6(3-2-4-7(5)17(19)20)8(18,9(11,12)13)10(14,15)16/h2-4,18H,1H3. The van der Waals surface area contributed by atoms with Crippen molar-refractivity contribution in [1.29, 1.82) is 0 Å². The predicted octanol–water partition coefficient (Wildman–Crippen LogP) is 3.22. The van der Waals surface area contributed by atoms with Gasteiger partial charge in [-0.1, -0.05) is 12.1 Å². The molecule has 0 spiro atoms. The second kappa shape index (κ2) is 4.62. The lowest BCUT2D eigenvalue weighted by Crippen LogP contribution is -2.54. The van der Waals surface area contributed by atoms with Crippen LogP contribution in [-0.2, 0) is 5.60 Å². The van der Waals surface area contributed by atoms with Gasteiger partial charge in [0.1, 0.15) is 0 Å². The molecule has 20 heavy (non-hydrogen) atoms. The topological polar surface area (TPSA) is 63.4 Å². The summed E-state index contributed by atoms with van der Waals surface area (Å²) in [6.45, 7) is 0.704. The number of alkyl halides is 6. The van der Waals surface area contributed by atoms with E-state index >= 15 is 0 Å². The molecule has 0 radical (unpaired) electrons. The molecule has 0 bridgehead atoms. The highest BCUT2D eigenvalue weighted by Crippen LogP contribution is 2.51. The Morgan fingerprint density at radius 2 is 1.55 bits per heavy atom. The molecule has 10 heteroatoms. The van der Waals surface area contributed by atoms with E-state index in [0.29, 0.717) is 19.1 Å². The molecule has 0 aliphatic carbocycles. The summed E-state index contributed by atoms with van der Waals surface area (Å²) in [7, 11) is 0. The van der Waals surface area contributed by atoms with Crippen LogP contribution in [0.15, 0.2) is 18.2 Å². The van der Waals surface area contributed by atoms with E-state index in [-0.39, 0.29) is 0 Å². The molecule has 0 unspecified atom stereocenters. The number of benzene rings is 1. The lowest BCUT2D eigenvalue weighted by Gasteiger charge is -2.33. The quantitative estimate of drug-likeness (QED) is 0.518. The van der Waals surface area contributed by atoms with E-state index in [2.05, 4.69) is 0 Å². The highest BCUT2D eigenvalue weighted by Gasteiger charge is 2.72. The predicted molar refractivity (Wildman–Crippen MR) is 53.8 cm³/mol. The van der Waals surface area contributed by atoms with Gasteiger partial charge in [0.2, 0.25) is 0 Å². The Morgan fingerprint density at radius 3 is 1.90 bits per heavy atom. The van der Waals surface area contributed by atoms with Gasteiger partial charge >= 0.3 is 12.4 Å². The minimum atomic E-state index is -6.08. The average Bonchev–Trinajstić information content (AvgIpc) is 2.24. The first kappa shape index (κ1) is 16.2. The van der Waals surface area contributed by atoms with Gasteiger partial charge in [0.05, 0.1) is 4.92 Å². The summed E-state index contributed by atoms with van der Waals surface area (Å²) >= 11 is 0. The maximum Gasteiger partial charge on any atom is 0.430 e. The van der Waals surface area contributed by atoms with Crippen molar-refractivity contribution in [3.8, 4) is 0 Å². The number of halogens is 6. The van der Waals surface area contributed by atoms with Crippen LogP contribution in [0.4, 0.5) is 32.0 Å². The van der Waals surface area contributed by atoms with Gasteiger partial charge in [-0.05, 0) is 6.92 Å². The van der Waals surface area contributed by atoms with Gasteiger partial charge in [0, 0.05) is 17.2 Å². The number of aliphatic hydroxyl groups is 1. The van der Waals surface area contributed by atoms with Crippen LogP contribution >= 0.6 is 0 Å². The molecular weight excluding hydrogens is 296 g/mol. The normalized spacial score (nSPS) is 13.4. The average molecular weight is 303 g/mol. The summed E-state index contributed by atoms with van der Waals surface area (Å²) in [5, 5.41) is 19.7. The number of nitro groups is 1. The molecule has 1 rings (SSSR count).